The minimum Gasteiger partial charge on any atom is -0.392 e. The summed E-state index contributed by atoms with van der Waals surface area (Å²) >= 11 is 0. The summed E-state index contributed by atoms with van der Waals surface area (Å²) in [4.78, 5) is 11.3. The molecule has 1 aliphatic rings. The van der Waals surface area contributed by atoms with E-state index in [9.17, 15) is 9.90 Å². The van der Waals surface area contributed by atoms with Crippen LogP contribution >= 0.6 is 12.4 Å². The third-order valence-corrected chi connectivity index (χ3v) is 3.31. The van der Waals surface area contributed by atoms with Crippen LogP contribution in [0.15, 0.2) is 0 Å². The Balaban J connectivity index is 0.00000225. The van der Waals surface area contributed by atoms with Gasteiger partial charge < -0.3 is 15.7 Å². The molecule has 0 aromatic rings. The van der Waals surface area contributed by atoms with Crippen LogP contribution in [0.1, 0.15) is 32.6 Å². The molecule has 1 aliphatic carbocycles. The Morgan fingerprint density at radius 3 is 2.75 bits per heavy atom. The molecule has 4 nitrogen and oxygen atoms in total. The molecule has 0 aromatic carbocycles. The molecule has 2 unspecified atom stereocenters. The zero-order valence-corrected chi connectivity index (χ0v) is 10.9. The van der Waals surface area contributed by atoms with Crippen molar-refractivity contribution in [3.8, 4) is 0 Å². The van der Waals surface area contributed by atoms with E-state index < -0.39 is 0 Å². The van der Waals surface area contributed by atoms with E-state index >= 15 is 0 Å². The lowest BCUT2D eigenvalue weighted by molar-refractivity contribution is -0.121. The van der Waals surface area contributed by atoms with Crippen molar-refractivity contribution in [2.24, 2.45) is 5.41 Å². The van der Waals surface area contributed by atoms with Gasteiger partial charge in [-0.2, -0.15) is 0 Å². The van der Waals surface area contributed by atoms with Crippen LogP contribution < -0.4 is 10.6 Å². The Labute approximate surface area is 104 Å². The van der Waals surface area contributed by atoms with E-state index in [1.165, 1.54) is 0 Å². The van der Waals surface area contributed by atoms with Gasteiger partial charge in [0.25, 0.3) is 0 Å². The van der Waals surface area contributed by atoms with Crippen LogP contribution in [-0.2, 0) is 4.79 Å². The van der Waals surface area contributed by atoms with E-state index in [0.29, 0.717) is 13.1 Å². The molecule has 5 heteroatoms. The van der Waals surface area contributed by atoms with Gasteiger partial charge >= 0.3 is 0 Å². The fraction of sp³-hybridized carbons (Fsp3) is 0.909. The van der Waals surface area contributed by atoms with E-state index in [-0.39, 0.29) is 29.8 Å². The Kier molecular flexibility index (Phi) is 6.95. The second kappa shape index (κ2) is 7.09. The first-order valence-electron chi connectivity index (χ1n) is 5.68. The summed E-state index contributed by atoms with van der Waals surface area (Å²) in [5.41, 5.74) is -0.137. The van der Waals surface area contributed by atoms with Crippen molar-refractivity contribution in [2.45, 2.75) is 38.7 Å². The van der Waals surface area contributed by atoms with Gasteiger partial charge in [0.15, 0.2) is 0 Å². The molecule has 3 N–H and O–H groups in total. The van der Waals surface area contributed by atoms with Gasteiger partial charge in [0, 0.05) is 12.0 Å². The topological polar surface area (TPSA) is 61.4 Å². The van der Waals surface area contributed by atoms with Crippen LogP contribution in [0.5, 0.6) is 0 Å². The van der Waals surface area contributed by atoms with Crippen LogP contribution in [0.25, 0.3) is 0 Å². The maximum atomic E-state index is 11.3. The summed E-state index contributed by atoms with van der Waals surface area (Å²) in [5.74, 6) is -0.00324. The number of likely N-dealkylation sites (N-methyl/N-ethyl adjacent to an activating group) is 1. The summed E-state index contributed by atoms with van der Waals surface area (Å²) in [6, 6.07) is 0. The lowest BCUT2D eigenvalue weighted by atomic mass is 9.73. The first-order chi connectivity index (χ1) is 7.08. The minimum absolute atomic E-state index is 0. The zero-order chi connectivity index (χ0) is 11.3. The lowest BCUT2D eigenvalue weighted by Crippen LogP contribution is -2.46. The molecule has 1 fully saturated rings. The average molecular weight is 251 g/mol. The van der Waals surface area contributed by atoms with Gasteiger partial charge in [-0.05, 0) is 19.9 Å². The molecule has 0 heterocycles. The Morgan fingerprint density at radius 2 is 2.19 bits per heavy atom. The predicted molar refractivity (Wildman–Crippen MR) is 66.8 cm³/mol. The lowest BCUT2D eigenvalue weighted by Gasteiger charge is -2.38. The van der Waals surface area contributed by atoms with E-state index in [0.717, 1.165) is 25.7 Å². The molecule has 1 amide bonds. The maximum absolute atomic E-state index is 11.3. The van der Waals surface area contributed by atoms with E-state index in [2.05, 4.69) is 17.6 Å². The predicted octanol–water partition coefficient (Wildman–Crippen LogP) is 0.685. The average Bonchev–Trinajstić information content (AvgIpc) is 2.21. The standard InChI is InChI=1S/C11H22N2O2.ClH/c1-11(6-4-3-5-9(11)14)8-13-10(15)7-12-2;/h9,12,14H,3-8H2,1-2H3,(H,13,15);1H. The molecule has 0 aliphatic heterocycles. The van der Waals surface area contributed by atoms with Gasteiger partial charge in [-0.15, -0.1) is 12.4 Å². The van der Waals surface area contributed by atoms with Crippen molar-refractivity contribution in [3.63, 3.8) is 0 Å². The first kappa shape index (κ1) is 15.7. The molecule has 0 spiro atoms. The number of aliphatic hydroxyl groups excluding tert-OH is 1. The third kappa shape index (κ3) is 4.28. The van der Waals surface area contributed by atoms with Crippen molar-refractivity contribution in [2.75, 3.05) is 20.1 Å². The van der Waals surface area contributed by atoms with Crippen LogP contribution in [-0.4, -0.2) is 37.3 Å². The Bertz CT molecular complexity index is 226. The van der Waals surface area contributed by atoms with Gasteiger partial charge in [-0.3, -0.25) is 4.79 Å². The van der Waals surface area contributed by atoms with Gasteiger partial charge in [0.2, 0.25) is 5.91 Å². The SMILES string of the molecule is CNCC(=O)NCC1(C)CCCCC1O.Cl. The van der Waals surface area contributed by atoms with Crippen molar-refractivity contribution in [1.29, 1.82) is 0 Å². The smallest absolute Gasteiger partial charge is 0.233 e. The van der Waals surface area contributed by atoms with Gasteiger partial charge in [-0.25, -0.2) is 0 Å². The summed E-state index contributed by atoms with van der Waals surface area (Å²) in [6.45, 7) is 2.97. The molecule has 0 saturated heterocycles. The van der Waals surface area contributed by atoms with Crippen LogP contribution in [0.4, 0.5) is 0 Å². The molecule has 2 atom stereocenters. The maximum Gasteiger partial charge on any atom is 0.233 e. The highest BCUT2D eigenvalue weighted by Crippen LogP contribution is 2.35. The van der Waals surface area contributed by atoms with Crippen LogP contribution in [0.3, 0.4) is 0 Å². The van der Waals surface area contributed by atoms with Crippen LogP contribution in [0, 0.1) is 5.41 Å². The van der Waals surface area contributed by atoms with E-state index in [4.69, 9.17) is 0 Å². The fourth-order valence-corrected chi connectivity index (χ4v) is 2.11. The molecule has 0 radical (unpaired) electrons. The van der Waals surface area contributed by atoms with E-state index in [1.54, 1.807) is 7.05 Å². The largest absolute Gasteiger partial charge is 0.392 e. The molecular formula is C11H23ClN2O2. The number of nitrogens with one attached hydrogen (secondary N) is 2. The highest BCUT2D eigenvalue weighted by Gasteiger charge is 2.35. The molecule has 1 saturated carbocycles. The fourth-order valence-electron chi connectivity index (χ4n) is 2.11. The molecule has 16 heavy (non-hydrogen) atoms. The summed E-state index contributed by atoms with van der Waals surface area (Å²) in [7, 11) is 1.75. The Morgan fingerprint density at radius 1 is 1.50 bits per heavy atom. The number of rotatable bonds is 4. The number of carbonyl (C=O) groups is 1. The second-order valence-electron chi connectivity index (χ2n) is 4.72. The van der Waals surface area contributed by atoms with Gasteiger partial charge in [0.1, 0.15) is 0 Å². The van der Waals surface area contributed by atoms with Crippen molar-refractivity contribution in [3.05, 3.63) is 0 Å². The number of hydrogen-bond acceptors (Lipinski definition) is 3. The molecular weight excluding hydrogens is 228 g/mol. The summed E-state index contributed by atoms with van der Waals surface area (Å²) in [5, 5.41) is 15.6. The number of carbonyl (C=O) groups excluding carboxylic acids is 1. The number of hydrogen-bond donors (Lipinski definition) is 3. The zero-order valence-electron chi connectivity index (χ0n) is 10.1. The Hall–Kier alpha value is -0.320. The first-order valence-corrected chi connectivity index (χ1v) is 5.68. The third-order valence-electron chi connectivity index (χ3n) is 3.31. The van der Waals surface area contributed by atoms with E-state index in [1.807, 2.05) is 0 Å². The highest BCUT2D eigenvalue weighted by atomic mass is 35.5. The van der Waals surface area contributed by atoms with Gasteiger partial charge in [0.05, 0.1) is 12.6 Å². The normalized spacial score (nSPS) is 29.3. The number of halogens is 1. The van der Waals surface area contributed by atoms with Crippen molar-refractivity contribution >= 4 is 18.3 Å². The molecule has 1 rings (SSSR count). The van der Waals surface area contributed by atoms with Gasteiger partial charge in [-0.1, -0.05) is 19.8 Å². The number of amides is 1. The van der Waals surface area contributed by atoms with Crippen LogP contribution in [0.2, 0.25) is 0 Å². The monoisotopic (exact) mass is 250 g/mol. The quantitative estimate of drug-likeness (QED) is 0.688. The molecule has 0 aromatic heterocycles. The summed E-state index contributed by atoms with van der Waals surface area (Å²) in [6.07, 6.45) is 3.82. The molecule has 0 bridgehead atoms. The summed E-state index contributed by atoms with van der Waals surface area (Å²) < 4.78 is 0. The second-order valence-corrected chi connectivity index (χ2v) is 4.72. The van der Waals surface area contributed by atoms with Crippen molar-refractivity contribution < 1.29 is 9.90 Å². The highest BCUT2D eigenvalue weighted by molar-refractivity contribution is 5.85. The minimum atomic E-state index is -0.277. The molecule has 96 valence electrons. The number of aliphatic hydroxyl groups is 1. The van der Waals surface area contributed by atoms with Crippen molar-refractivity contribution in [1.82, 2.24) is 10.6 Å².